The van der Waals surface area contributed by atoms with Gasteiger partial charge in [0.15, 0.2) is 0 Å². The third-order valence-corrected chi connectivity index (χ3v) is 5.81. The highest BCUT2D eigenvalue weighted by Crippen LogP contribution is 2.40. The van der Waals surface area contributed by atoms with Crippen molar-refractivity contribution in [3.8, 4) is 0 Å². The monoisotopic (exact) mass is 411 g/mol. The van der Waals surface area contributed by atoms with Crippen LogP contribution in [0.3, 0.4) is 0 Å². The zero-order valence-corrected chi connectivity index (χ0v) is 17.6. The molecule has 2 aromatic carbocycles. The molecule has 0 spiro atoms. The molecule has 3 rings (SSSR count). The fourth-order valence-corrected chi connectivity index (χ4v) is 4.02. The highest BCUT2D eigenvalue weighted by atomic mass is 32.2. The van der Waals surface area contributed by atoms with Gasteiger partial charge in [0.25, 0.3) is 0 Å². The first kappa shape index (κ1) is 20.3. The van der Waals surface area contributed by atoms with E-state index in [4.69, 9.17) is 4.74 Å². The minimum Gasteiger partial charge on any atom is -0.506 e. The van der Waals surface area contributed by atoms with Crippen molar-refractivity contribution < 1.29 is 14.6 Å². The van der Waals surface area contributed by atoms with Crippen molar-refractivity contribution in [2.45, 2.75) is 18.7 Å². The minimum absolute atomic E-state index is 0.0942. The van der Waals surface area contributed by atoms with Crippen molar-refractivity contribution in [3.63, 3.8) is 0 Å². The Hall–Kier alpha value is -2.44. The Morgan fingerprint density at radius 1 is 1.18 bits per heavy atom. The lowest BCUT2D eigenvalue weighted by atomic mass is 10.1. The number of nitrogens with zero attached hydrogens (tertiary/aromatic N) is 1. The molecule has 0 fully saturated rings. The maximum absolute atomic E-state index is 12.4. The zero-order chi connectivity index (χ0) is 20.1. The second-order valence-electron chi connectivity index (χ2n) is 6.08. The van der Waals surface area contributed by atoms with E-state index in [9.17, 15) is 9.90 Å². The molecule has 4 nitrogen and oxygen atoms in total. The molecular weight excluding hydrogens is 390 g/mol. The van der Waals surface area contributed by atoms with Crippen LogP contribution in [0.2, 0.25) is 0 Å². The van der Waals surface area contributed by atoms with Gasteiger partial charge in [-0.05, 0) is 56.0 Å². The van der Waals surface area contributed by atoms with Crippen LogP contribution in [0, 0.1) is 6.92 Å². The molecule has 1 aliphatic heterocycles. The van der Waals surface area contributed by atoms with Gasteiger partial charge in [0.2, 0.25) is 0 Å². The van der Waals surface area contributed by atoms with E-state index in [0.717, 1.165) is 16.0 Å². The number of ether oxygens (including phenoxy) is 1. The van der Waals surface area contributed by atoms with E-state index in [0.29, 0.717) is 15.6 Å². The Balaban J connectivity index is 2.00. The first-order valence-electron chi connectivity index (χ1n) is 8.82. The van der Waals surface area contributed by atoms with Gasteiger partial charge in [-0.25, -0.2) is 9.79 Å². The van der Waals surface area contributed by atoms with E-state index in [1.807, 2.05) is 67.8 Å². The Kier molecular flexibility index (Phi) is 6.65. The van der Waals surface area contributed by atoms with Gasteiger partial charge in [-0.2, -0.15) is 0 Å². The van der Waals surface area contributed by atoms with Gasteiger partial charge in [0.05, 0.1) is 17.2 Å². The van der Waals surface area contributed by atoms with Gasteiger partial charge in [0, 0.05) is 4.90 Å². The average molecular weight is 412 g/mol. The van der Waals surface area contributed by atoms with Crippen molar-refractivity contribution in [1.29, 1.82) is 0 Å². The molecule has 144 valence electrons. The summed E-state index contributed by atoms with van der Waals surface area (Å²) in [6.07, 6.45) is 3.87. The molecule has 0 bridgehead atoms. The largest absolute Gasteiger partial charge is 0.506 e. The number of carbonyl (C=O) groups excluding carboxylic acids is 1. The van der Waals surface area contributed by atoms with E-state index < -0.39 is 5.97 Å². The number of thioether (sulfide) groups is 2. The van der Waals surface area contributed by atoms with Crippen LogP contribution in [0.25, 0.3) is 6.08 Å². The summed E-state index contributed by atoms with van der Waals surface area (Å²) in [5, 5.41) is 11.1. The molecule has 0 aromatic heterocycles. The van der Waals surface area contributed by atoms with Gasteiger partial charge in [-0.3, -0.25) is 0 Å². The van der Waals surface area contributed by atoms with E-state index in [1.54, 1.807) is 18.7 Å². The Morgan fingerprint density at radius 3 is 2.46 bits per heavy atom. The Morgan fingerprint density at radius 2 is 1.86 bits per heavy atom. The normalized spacial score (nSPS) is 16.8. The van der Waals surface area contributed by atoms with Crippen molar-refractivity contribution in [3.05, 3.63) is 75.9 Å². The molecule has 0 saturated heterocycles. The van der Waals surface area contributed by atoms with Crippen LogP contribution in [0.5, 0.6) is 0 Å². The lowest BCUT2D eigenvalue weighted by Crippen LogP contribution is -2.12. The third kappa shape index (κ3) is 4.69. The third-order valence-electron chi connectivity index (χ3n) is 4.05. The van der Waals surface area contributed by atoms with Gasteiger partial charge < -0.3 is 9.84 Å². The summed E-state index contributed by atoms with van der Waals surface area (Å²) in [5.74, 6) is -0.664. The van der Waals surface area contributed by atoms with E-state index in [-0.39, 0.29) is 17.9 Å². The first-order chi connectivity index (χ1) is 13.5. The lowest BCUT2D eigenvalue weighted by Gasteiger charge is -2.04. The fraction of sp³-hybridized carbons (Fsp3) is 0.182. The molecule has 2 aromatic rings. The molecule has 28 heavy (non-hydrogen) atoms. The second kappa shape index (κ2) is 9.17. The number of aliphatic imine (C=N–C) groups is 1. The maximum Gasteiger partial charge on any atom is 0.344 e. The second-order valence-corrected chi connectivity index (χ2v) is 7.99. The predicted octanol–water partition coefficient (Wildman–Crippen LogP) is 5.91. The van der Waals surface area contributed by atoms with Crippen LogP contribution in [-0.2, 0) is 9.53 Å². The number of benzene rings is 2. The van der Waals surface area contributed by atoms with E-state index >= 15 is 0 Å². The van der Waals surface area contributed by atoms with Crippen LogP contribution in [0.1, 0.15) is 18.1 Å². The van der Waals surface area contributed by atoms with Gasteiger partial charge in [-0.15, -0.1) is 11.8 Å². The van der Waals surface area contributed by atoms with Gasteiger partial charge >= 0.3 is 5.97 Å². The van der Waals surface area contributed by atoms with Crippen molar-refractivity contribution in [1.82, 2.24) is 0 Å². The fourth-order valence-electron chi connectivity index (χ4n) is 2.58. The summed E-state index contributed by atoms with van der Waals surface area (Å²) in [6, 6.07) is 15.7. The molecular formula is C22H21NO3S2. The predicted molar refractivity (Wildman–Crippen MR) is 118 cm³/mol. The van der Waals surface area contributed by atoms with Crippen LogP contribution in [0.15, 0.2) is 74.7 Å². The topological polar surface area (TPSA) is 58.9 Å². The van der Waals surface area contributed by atoms with Crippen LogP contribution >= 0.6 is 23.5 Å². The molecule has 1 heterocycles. The van der Waals surface area contributed by atoms with Gasteiger partial charge in [-0.1, -0.05) is 41.6 Å². The molecule has 0 saturated carbocycles. The number of aryl methyl sites for hydroxylation is 1. The summed E-state index contributed by atoms with van der Waals surface area (Å²) < 4.78 is 5.13. The SMILES string of the molecule is CCOC(=O)C1=C(O)/C(=C/c2ccc(SC)cc2)SC1=Nc1ccc(C)cc1. The Bertz CT molecular complexity index is 958. The number of rotatable bonds is 5. The average Bonchev–Trinajstić information content (AvgIpc) is 2.99. The smallest absolute Gasteiger partial charge is 0.344 e. The van der Waals surface area contributed by atoms with Crippen molar-refractivity contribution >= 4 is 46.3 Å². The summed E-state index contributed by atoms with van der Waals surface area (Å²) in [7, 11) is 0. The number of hydrogen-bond acceptors (Lipinski definition) is 6. The molecule has 0 atom stereocenters. The number of esters is 1. The number of aliphatic hydroxyl groups excluding tert-OH is 1. The molecule has 0 radical (unpaired) electrons. The van der Waals surface area contributed by atoms with Gasteiger partial charge in [0.1, 0.15) is 16.4 Å². The van der Waals surface area contributed by atoms with Crippen LogP contribution < -0.4 is 0 Å². The molecule has 0 amide bonds. The summed E-state index contributed by atoms with van der Waals surface area (Å²) in [5.41, 5.74) is 2.89. The quantitative estimate of drug-likeness (QED) is 0.489. The summed E-state index contributed by atoms with van der Waals surface area (Å²) >= 11 is 2.93. The maximum atomic E-state index is 12.4. The standard InChI is InChI=1S/C22H21NO3S2/c1-4-26-22(25)19-20(24)18(13-15-7-11-17(27-3)12-8-15)28-21(19)23-16-9-5-14(2)6-10-16/h5-13,24H,4H2,1-3H3/b18-13-,23-21?. The molecule has 0 aliphatic carbocycles. The molecule has 0 unspecified atom stereocenters. The first-order valence-corrected chi connectivity index (χ1v) is 10.9. The Labute approximate surface area is 173 Å². The van der Waals surface area contributed by atoms with Crippen molar-refractivity contribution in [2.24, 2.45) is 4.99 Å². The number of hydrogen-bond donors (Lipinski definition) is 1. The highest BCUT2D eigenvalue weighted by molar-refractivity contribution is 8.18. The van der Waals surface area contributed by atoms with Crippen LogP contribution in [0.4, 0.5) is 5.69 Å². The van der Waals surface area contributed by atoms with Crippen molar-refractivity contribution in [2.75, 3.05) is 12.9 Å². The molecule has 6 heteroatoms. The molecule has 1 aliphatic rings. The highest BCUT2D eigenvalue weighted by Gasteiger charge is 2.33. The summed E-state index contributed by atoms with van der Waals surface area (Å²) in [6.45, 7) is 3.96. The zero-order valence-electron chi connectivity index (χ0n) is 15.9. The molecule has 1 N–H and O–H groups in total. The minimum atomic E-state index is -0.570. The lowest BCUT2D eigenvalue weighted by molar-refractivity contribution is -0.138. The summed E-state index contributed by atoms with van der Waals surface area (Å²) in [4.78, 5) is 18.7. The van der Waals surface area contributed by atoms with Crippen LogP contribution in [-0.4, -0.2) is 29.0 Å². The van der Waals surface area contributed by atoms with E-state index in [1.165, 1.54) is 11.8 Å². The number of aliphatic hydroxyl groups is 1. The van der Waals surface area contributed by atoms with E-state index in [2.05, 4.69) is 4.99 Å². The number of carbonyl (C=O) groups is 1.